The largest absolute Gasteiger partial charge is 0.508 e. The molecule has 0 spiro atoms. The van der Waals surface area contributed by atoms with E-state index in [1.807, 2.05) is 18.7 Å². The summed E-state index contributed by atoms with van der Waals surface area (Å²) in [6.45, 7) is 5.12. The monoisotopic (exact) mass is 235 g/mol. The van der Waals surface area contributed by atoms with Gasteiger partial charge in [-0.15, -0.1) is 0 Å². The standard InChI is InChI=1S/C13H17NO3/c1-9-8-17-10(2)7-14(9)13(16)11-3-5-12(15)6-4-11/h3-6,9-10,15H,7-8H2,1-2H3. The molecule has 1 saturated heterocycles. The maximum absolute atomic E-state index is 12.3. The minimum absolute atomic E-state index is 0.00681. The molecule has 1 aliphatic rings. The Balaban J connectivity index is 2.15. The van der Waals surface area contributed by atoms with Crippen molar-refractivity contribution < 1.29 is 14.6 Å². The molecule has 1 amide bonds. The van der Waals surface area contributed by atoms with Crippen LogP contribution in [-0.4, -0.2) is 41.2 Å². The molecule has 0 radical (unpaired) electrons. The van der Waals surface area contributed by atoms with E-state index in [-0.39, 0.29) is 23.8 Å². The third kappa shape index (κ3) is 2.58. The molecule has 4 nitrogen and oxygen atoms in total. The SMILES string of the molecule is CC1CN(C(=O)c2ccc(O)cc2)C(C)CO1. The highest BCUT2D eigenvalue weighted by atomic mass is 16.5. The minimum Gasteiger partial charge on any atom is -0.508 e. The number of hydrogen-bond acceptors (Lipinski definition) is 3. The Bertz CT molecular complexity index is 402. The van der Waals surface area contributed by atoms with Gasteiger partial charge in [0.2, 0.25) is 0 Å². The van der Waals surface area contributed by atoms with Crippen LogP contribution in [0.4, 0.5) is 0 Å². The molecule has 0 saturated carbocycles. The Morgan fingerprint density at radius 3 is 2.65 bits per heavy atom. The van der Waals surface area contributed by atoms with Crippen molar-refractivity contribution in [1.29, 1.82) is 0 Å². The van der Waals surface area contributed by atoms with Crippen LogP contribution in [0.1, 0.15) is 24.2 Å². The molecule has 2 unspecified atom stereocenters. The zero-order chi connectivity index (χ0) is 12.4. The average molecular weight is 235 g/mol. The molecule has 1 fully saturated rings. The summed E-state index contributed by atoms with van der Waals surface area (Å²) in [5.41, 5.74) is 0.601. The van der Waals surface area contributed by atoms with E-state index in [9.17, 15) is 9.90 Å². The smallest absolute Gasteiger partial charge is 0.254 e. The molecule has 1 heterocycles. The number of aromatic hydroxyl groups is 1. The van der Waals surface area contributed by atoms with Crippen molar-refractivity contribution in [3.05, 3.63) is 29.8 Å². The van der Waals surface area contributed by atoms with Crippen LogP contribution in [0.5, 0.6) is 5.75 Å². The first-order valence-corrected chi connectivity index (χ1v) is 5.79. The fourth-order valence-corrected chi connectivity index (χ4v) is 1.96. The van der Waals surface area contributed by atoms with Gasteiger partial charge in [-0.1, -0.05) is 0 Å². The number of carbonyl (C=O) groups excluding carboxylic acids is 1. The lowest BCUT2D eigenvalue weighted by Gasteiger charge is -2.36. The first-order valence-electron chi connectivity index (χ1n) is 5.79. The van der Waals surface area contributed by atoms with Gasteiger partial charge in [-0.25, -0.2) is 0 Å². The highest BCUT2D eigenvalue weighted by Gasteiger charge is 2.28. The van der Waals surface area contributed by atoms with Crippen LogP contribution in [-0.2, 0) is 4.74 Å². The third-order valence-corrected chi connectivity index (χ3v) is 2.98. The van der Waals surface area contributed by atoms with Gasteiger partial charge < -0.3 is 14.7 Å². The predicted molar refractivity (Wildman–Crippen MR) is 64.0 cm³/mol. The molecule has 4 heteroatoms. The van der Waals surface area contributed by atoms with Crippen LogP contribution >= 0.6 is 0 Å². The predicted octanol–water partition coefficient (Wildman–Crippen LogP) is 1.64. The Morgan fingerprint density at radius 1 is 1.35 bits per heavy atom. The molecular weight excluding hydrogens is 218 g/mol. The Kier molecular flexibility index (Phi) is 3.33. The summed E-state index contributed by atoms with van der Waals surface area (Å²) in [7, 11) is 0. The molecule has 1 aromatic rings. The van der Waals surface area contributed by atoms with E-state index in [2.05, 4.69) is 0 Å². The summed E-state index contributed by atoms with van der Waals surface area (Å²) in [4.78, 5) is 14.1. The second kappa shape index (κ2) is 4.75. The molecule has 2 rings (SSSR count). The maximum Gasteiger partial charge on any atom is 0.254 e. The molecule has 2 atom stereocenters. The Labute approximate surface area is 101 Å². The number of rotatable bonds is 1. The second-order valence-electron chi connectivity index (χ2n) is 4.50. The van der Waals surface area contributed by atoms with Gasteiger partial charge in [-0.05, 0) is 38.1 Å². The third-order valence-electron chi connectivity index (χ3n) is 2.98. The van der Waals surface area contributed by atoms with Crippen molar-refractivity contribution in [2.45, 2.75) is 26.0 Å². The van der Waals surface area contributed by atoms with Gasteiger partial charge in [0.15, 0.2) is 0 Å². The van der Waals surface area contributed by atoms with Gasteiger partial charge in [0.25, 0.3) is 5.91 Å². The fourth-order valence-electron chi connectivity index (χ4n) is 1.96. The van der Waals surface area contributed by atoms with Gasteiger partial charge in [-0.3, -0.25) is 4.79 Å². The van der Waals surface area contributed by atoms with Crippen LogP contribution in [0, 0.1) is 0 Å². The van der Waals surface area contributed by atoms with Crippen molar-refractivity contribution >= 4 is 5.91 Å². The summed E-state index contributed by atoms with van der Waals surface area (Å²) < 4.78 is 5.49. The van der Waals surface area contributed by atoms with Crippen LogP contribution in [0.2, 0.25) is 0 Å². The van der Waals surface area contributed by atoms with Crippen molar-refractivity contribution in [3.63, 3.8) is 0 Å². The van der Waals surface area contributed by atoms with Crippen LogP contribution in [0.15, 0.2) is 24.3 Å². The van der Waals surface area contributed by atoms with Crippen LogP contribution in [0.3, 0.4) is 0 Å². The molecule has 1 aromatic carbocycles. The quantitative estimate of drug-likeness (QED) is 0.805. The number of phenols is 1. The fraction of sp³-hybridized carbons (Fsp3) is 0.462. The second-order valence-corrected chi connectivity index (χ2v) is 4.50. The molecule has 0 bridgehead atoms. The number of phenolic OH excluding ortho intramolecular Hbond substituents is 1. The highest BCUT2D eigenvalue weighted by molar-refractivity contribution is 5.94. The zero-order valence-corrected chi connectivity index (χ0v) is 10.1. The number of morpholine rings is 1. The van der Waals surface area contributed by atoms with Crippen molar-refractivity contribution in [2.75, 3.05) is 13.2 Å². The van der Waals surface area contributed by atoms with E-state index < -0.39 is 0 Å². The van der Waals surface area contributed by atoms with Crippen molar-refractivity contribution in [2.24, 2.45) is 0 Å². The zero-order valence-electron chi connectivity index (χ0n) is 10.1. The Hall–Kier alpha value is -1.55. The van der Waals surface area contributed by atoms with Gasteiger partial charge in [0.05, 0.1) is 18.8 Å². The average Bonchev–Trinajstić information content (AvgIpc) is 2.32. The maximum atomic E-state index is 12.3. The molecule has 1 N–H and O–H groups in total. The molecule has 17 heavy (non-hydrogen) atoms. The lowest BCUT2D eigenvalue weighted by atomic mass is 10.1. The van der Waals surface area contributed by atoms with E-state index in [0.29, 0.717) is 18.7 Å². The van der Waals surface area contributed by atoms with Gasteiger partial charge in [-0.2, -0.15) is 0 Å². The Morgan fingerprint density at radius 2 is 2.00 bits per heavy atom. The highest BCUT2D eigenvalue weighted by Crippen LogP contribution is 2.17. The number of amides is 1. The lowest BCUT2D eigenvalue weighted by Crippen LogP contribution is -2.50. The summed E-state index contributed by atoms with van der Waals surface area (Å²) >= 11 is 0. The number of nitrogens with zero attached hydrogens (tertiary/aromatic N) is 1. The van der Waals surface area contributed by atoms with E-state index in [1.54, 1.807) is 12.1 Å². The van der Waals surface area contributed by atoms with Crippen molar-refractivity contribution in [3.8, 4) is 5.75 Å². The first-order chi connectivity index (χ1) is 8.08. The van der Waals surface area contributed by atoms with Crippen LogP contribution in [0.25, 0.3) is 0 Å². The first kappa shape index (κ1) is 11.9. The number of hydrogen-bond donors (Lipinski definition) is 1. The molecule has 0 aliphatic carbocycles. The minimum atomic E-state index is -0.00681. The summed E-state index contributed by atoms with van der Waals surface area (Å²) in [5.74, 6) is 0.164. The van der Waals surface area contributed by atoms with Crippen molar-refractivity contribution in [1.82, 2.24) is 4.90 Å². The summed E-state index contributed by atoms with van der Waals surface area (Å²) in [6, 6.07) is 6.44. The molecular formula is C13H17NO3. The topological polar surface area (TPSA) is 49.8 Å². The lowest BCUT2D eigenvalue weighted by molar-refractivity contribution is -0.0387. The number of carbonyl (C=O) groups is 1. The number of benzene rings is 1. The van der Waals surface area contributed by atoms with Gasteiger partial charge in [0.1, 0.15) is 5.75 Å². The van der Waals surface area contributed by atoms with Gasteiger partial charge in [0, 0.05) is 12.1 Å². The molecule has 92 valence electrons. The summed E-state index contributed by atoms with van der Waals surface area (Å²) in [5, 5.41) is 9.20. The number of ether oxygens (including phenoxy) is 1. The van der Waals surface area contributed by atoms with Gasteiger partial charge >= 0.3 is 0 Å². The normalized spacial score (nSPS) is 24.7. The van der Waals surface area contributed by atoms with E-state index >= 15 is 0 Å². The van der Waals surface area contributed by atoms with E-state index in [1.165, 1.54) is 12.1 Å². The van der Waals surface area contributed by atoms with Crippen LogP contribution < -0.4 is 0 Å². The molecule has 0 aromatic heterocycles. The molecule has 1 aliphatic heterocycles. The van der Waals surface area contributed by atoms with E-state index in [4.69, 9.17) is 4.74 Å². The summed E-state index contributed by atoms with van der Waals surface area (Å²) in [6.07, 6.45) is 0.0762. The van der Waals surface area contributed by atoms with E-state index in [0.717, 1.165) is 0 Å².